The third kappa shape index (κ3) is 4.26. The average Bonchev–Trinajstić information content (AvgIpc) is 2.20. The lowest BCUT2D eigenvalue weighted by Gasteiger charge is -2.05. The molecule has 0 atom stereocenters. The van der Waals surface area contributed by atoms with Gasteiger partial charge >= 0.3 is 6.09 Å². The first-order chi connectivity index (χ1) is 7.20. The topological polar surface area (TPSA) is 71.5 Å². The molecule has 0 spiro atoms. The van der Waals surface area contributed by atoms with Gasteiger partial charge in [0.15, 0.2) is 5.75 Å². The lowest BCUT2D eigenvalue weighted by atomic mass is 10.4. The molecule has 1 aromatic rings. The zero-order chi connectivity index (χ0) is 11.1. The number of hydrogen-bond donors (Lipinski definition) is 2. The van der Waals surface area contributed by atoms with E-state index in [9.17, 15) is 9.18 Å². The molecule has 15 heavy (non-hydrogen) atoms. The molecule has 5 nitrogen and oxygen atoms in total. The second-order valence-corrected chi connectivity index (χ2v) is 2.73. The maximum atomic E-state index is 12.9. The van der Waals surface area contributed by atoms with Gasteiger partial charge in [0, 0.05) is 12.7 Å². The van der Waals surface area contributed by atoms with Crippen LogP contribution in [0, 0.1) is 5.95 Å². The smallest absolute Gasteiger partial charge is 0.404 e. The van der Waals surface area contributed by atoms with Gasteiger partial charge in [-0.05, 0) is 18.6 Å². The van der Waals surface area contributed by atoms with Crippen LogP contribution in [0.15, 0.2) is 18.3 Å². The molecule has 6 heteroatoms. The molecule has 0 radical (unpaired) electrons. The van der Waals surface area contributed by atoms with Crippen LogP contribution in [-0.2, 0) is 0 Å². The summed E-state index contributed by atoms with van der Waals surface area (Å²) < 4.78 is 17.9. The molecule has 82 valence electrons. The zero-order valence-electron chi connectivity index (χ0n) is 7.94. The maximum Gasteiger partial charge on any atom is 0.404 e. The Hall–Kier alpha value is -1.85. The minimum Gasteiger partial charge on any atom is -0.489 e. The second kappa shape index (κ2) is 5.79. The Kier molecular flexibility index (Phi) is 4.33. The van der Waals surface area contributed by atoms with Crippen molar-refractivity contribution in [3.63, 3.8) is 0 Å². The van der Waals surface area contributed by atoms with Crippen LogP contribution < -0.4 is 10.1 Å². The maximum absolute atomic E-state index is 12.9. The summed E-state index contributed by atoms with van der Waals surface area (Å²) in [5.74, 6) is -0.587. The first-order valence-corrected chi connectivity index (χ1v) is 4.40. The molecule has 0 unspecified atom stereocenters. The van der Waals surface area contributed by atoms with E-state index in [1.807, 2.05) is 0 Å². The summed E-state index contributed by atoms with van der Waals surface area (Å²) in [5.41, 5.74) is 0. The summed E-state index contributed by atoms with van der Waals surface area (Å²) in [6.45, 7) is 0.514. The number of rotatable bonds is 5. The zero-order valence-corrected chi connectivity index (χ0v) is 7.94. The van der Waals surface area contributed by atoms with Crippen molar-refractivity contribution in [3.8, 4) is 5.75 Å². The minimum absolute atomic E-state index is 0.0767. The van der Waals surface area contributed by atoms with Crippen LogP contribution in [0.5, 0.6) is 5.75 Å². The van der Waals surface area contributed by atoms with Crippen molar-refractivity contribution < 1.29 is 19.0 Å². The minimum atomic E-state index is -1.08. The first kappa shape index (κ1) is 11.2. The van der Waals surface area contributed by atoms with Crippen LogP contribution in [0.25, 0.3) is 0 Å². The van der Waals surface area contributed by atoms with E-state index >= 15 is 0 Å². The van der Waals surface area contributed by atoms with Crippen molar-refractivity contribution in [1.29, 1.82) is 0 Å². The Morgan fingerprint density at radius 2 is 2.47 bits per heavy atom. The standard InChI is InChI=1S/C9H11FN2O3/c10-8-7(3-1-4-11-8)15-6-2-5-12-9(13)14/h1,3-4,12H,2,5-6H2,(H,13,14). The molecule has 0 fully saturated rings. The van der Waals surface area contributed by atoms with Crippen molar-refractivity contribution >= 4 is 6.09 Å². The third-order valence-corrected chi connectivity index (χ3v) is 1.58. The number of pyridine rings is 1. The fourth-order valence-electron chi connectivity index (χ4n) is 0.929. The molecule has 1 amide bonds. The number of hydrogen-bond acceptors (Lipinski definition) is 3. The first-order valence-electron chi connectivity index (χ1n) is 4.40. The van der Waals surface area contributed by atoms with E-state index in [4.69, 9.17) is 9.84 Å². The highest BCUT2D eigenvalue weighted by atomic mass is 19.1. The summed E-state index contributed by atoms with van der Waals surface area (Å²) >= 11 is 0. The summed E-state index contributed by atoms with van der Waals surface area (Å²) in [4.78, 5) is 13.5. The molecule has 0 bridgehead atoms. The van der Waals surface area contributed by atoms with Gasteiger partial charge in [0.05, 0.1) is 6.61 Å². The molecule has 0 aliphatic rings. The van der Waals surface area contributed by atoms with Gasteiger partial charge in [-0.3, -0.25) is 0 Å². The fourth-order valence-corrected chi connectivity index (χ4v) is 0.929. The molecule has 2 N–H and O–H groups in total. The normalized spacial score (nSPS) is 9.67. The Labute approximate surface area is 85.9 Å². The van der Waals surface area contributed by atoms with Crippen LogP contribution in [0.4, 0.5) is 9.18 Å². The molecule has 0 aromatic carbocycles. The highest BCUT2D eigenvalue weighted by molar-refractivity contribution is 5.64. The van der Waals surface area contributed by atoms with Gasteiger partial charge < -0.3 is 15.2 Å². The van der Waals surface area contributed by atoms with Crippen molar-refractivity contribution in [2.24, 2.45) is 0 Å². The van der Waals surface area contributed by atoms with E-state index in [0.29, 0.717) is 6.42 Å². The van der Waals surface area contributed by atoms with Gasteiger partial charge in [0.25, 0.3) is 5.95 Å². The lowest BCUT2D eigenvalue weighted by molar-refractivity contribution is 0.193. The van der Waals surface area contributed by atoms with E-state index in [2.05, 4.69) is 10.3 Å². The van der Waals surface area contributed by atoms with E-state index in [1.54, 1.807) is 6.07 Å². The molecular weight excluding hydrogens is 203 g/mol. The number of aromatic nitrogens is 1. The Bertz CT molecular complexity index is 333. The molecule has 0 aliphatic heterocycles. The summed E-state index contributed by atoms with van der Waals surface area (Å²) in [5, 5.41) is 10.4. The van der Waals surface area contributed by atoms with Crippen molar-refractivity contribution in [3.05, 3.63) is 24.3 Å². The van der Waals surface area contributed by atoms with E-state index < -0.39 is 12.0 Å². The number of nitrogens with zero attached hydrogens (tertiary/aromatic N) is 1. The largest absolute Gasteiger partial charge is 0.489 e. The van der Waals surface area contributed by atoms with Crippen LogP contribution >= 0.6 is 0 Å². The Morgan fingerprint density at radius 1 is 1.67 bits per heavy atom. The monoisotopic (exact) mass is 214 g/mol. The van der Waals surface area contributed by atoms with Crippen LogP contribution in [-0.4, -0.2) is 29.3 Å². The predicted octanol–water partition coefficient (Wildman–Crippen LogP) is 1.26. The molecule has 0 saturated heterocycles. The molecular formula is C9H11FN2O3. The molecule has 1 heterocycles. The predicted molar refractivity (Wildman–Crippen MR) is 50.3 cm³/mol. The summed E-state index contributed by atoms with van der Waals surface area (Å²) in [7, 11) is 0. The summed E-state index contributed by atoms with van der Waals surface area (Å²) in [6.07, 6.45) is 0.719. The van der Waals surface area contributed by atoms with Crippen molar-refractivity contribution in [2.45, 2.75) is 6.42 Å². The number of amides is 1. The van der Waals surface area contributed by atoms with Gasteiger partial charge in [-0.2, -0.15) is 4.39 Å². The van der Waals surface area contributed by atoms with Gasteiger partial charge in [0.2, 0.25) is 0 Å². The van der Waals surface area contributed by atoms with Gasteiger partial charge in [-0.15, -0.1) is 0 Å². The van der Waals surface area contributed by atoms with Gasteiger partial charge in [-0.25, -0.2) is 9.78 Å². The second-order valence-electron chi connectivity index (χ2n) is 2.73. The Morgan fingerprint density at radius 3 is 3.13 bits per heavy atom. The fraction of sp³-hybridized carbons (Fsp3) is 0.333. The number of carboxylic acid groups (broad SMARTS) is 1. The number of carbonyl (C=O) groups is 1. The molecule has 1 aromatic heterocycles. The average molecular weight is 214 g/mol. The number of nitrogens with one attached hydrogen (secondary N) is 1. The number of halogens is 1. The SMILES string of the molecule is O=C(O)NCCCOc1cccnc1F. The van der Waals surface area contributed by atoms with E-state index in [0.717, 1.165) is 0 Å². The van der Waals surface area contributed by atoms with Crippen LogP contribution in [0.3, 0.4) is 0 Å². The van der Waals surface area contributed by atoms with Gasteiger partial charge in [0.1, 0.15) is 0 Å². The third-order valence-electron chi connectivity index (χ3n) is 1.58. The number of ether oxygens (including phenoxy) is 1. The van der Waals surface area contributed by atoms with E-state index in [1.165, 1.54) is 12.3 Å². The van der Waals surface area contributed by atoms with E-state index in [-0.39, 0.29) is 18.9 Å². The molecule has 1 rings (SSSR count). The highest BCUT2D eigenvalue weighted by Crippen LogP contribution is 2.12. The Balaban J connectivity index is 2.21. The highest BCUT2D eigenvalue weighted by Gasteiger charge is 2.02. The van der Waals surface area contributed by atoms with Crippen molar-refractivity contribution in [2.75, 3.05) is 13.2 Å². The van der Waals surface area contributed by atoms with Crippen LogP contribution in [0.2, 0.25) is 0 Å². The molecule has 0 aliphatic carbocycles. The lowest BCUT2D eigenvalue weighted by Crippen LogP contribution is -2.23. The molecule has 0 saturated carbocycles. The summed E-state index contributed by atoms with van der Waals surface area (Å²) in [6, 6.07) is 3.03. The van der Waals surface area contributed by atoms with Crippen molar-refractivity contribution in [1.82, 2.24) is 10.3 Å². The van der Waals surface area contributed by atoms with Gasteiger partial charge in [-0.1, -0.05) is 0 Å². The van der Waals surface area contributed by atoms with Crippen LogP contribution in [0.1, 0.15) is 6.42 Å². The quantitative estimate of drug-likeness (QED) is 0.571.